The summed E-state index contributed by atoms with van der Waals surface area (Å²) in [6.07, 6.45) is -1.26. The minimum Gasteiger partial charge on any atom is -0.459 e. The predicted molar refractivity (Wildman–Crippen MR) is 216 cm³/mol. The lowest BCUT2D eigenvalue weighted by Crippen LogP contribution is -2.70. The average molecular weight is 821 g/mol. The summed E-state index contributed by atoms with van der Waals surface area (Å²) in [4.78, 5) is 81.2. The Morgan fingerprint density at radius 1 is 0.763 bits per heavy atom. The standard InChI is InChI=1S/C44H44N4O10S/c1-44(2,3)58-41(52)32(40(51)56-36(28-16-8-4-9-17-28)29-18-10-5-11-19-29)27-55-43(54)47(45)26-34(49)46-35-38(50)48-33(24-25-59-39(35)48)42(53)57-37(30-20-12-6-13-21-30)31-22-14-7-15-23-31/h4-24,32,35-37,39H,25-27,45H2,1-3H3,(H,46,49)/t32-,35-,39-/m1/s1. The van der Waals surface area contributed by atoms with E-state index in [1.807, 2.05) is 72.8 Å². The zero-order chi connectivity index (χ0) is 42.1. The zero-order valence-electron chi connectivity index (χ0n) is 32.6. The van der Waals surface area contributed by atoms with Gasteiger partial charge in [0.05, 0.1) is 0 Å². The predicted octanol–water partition coefficient (Wildman–Crippen LogP) is 5.21. The number of hydrogen-bond donors (Lipinski definition) is 2. The minimum atomic E-state index is -1.71. The number of rotatable bonds is 14. The third-order valence-electron chi connectivity index (χ3n) is 9.14. The van der Waals surface area contributed by atoms with Crippen molar-refractivity contribution in [3.8, 4) is 0 Å². The van der Waals surface area contributed by atoms with Crippen molar-refractivity contribution in [3.63, 3.8) is 0 Å². The minimum absolute atomic E-state index is 0.0575. The van der Waals surface area contributed by atoms with Gasteiger partial charge < -0.3 is 24.3 Å². The maximum atomic E-state index is 13.6. The molecule has 1 saturated heterocycles. The molecular formula is C44H44N4O10S. The molecule has 306 valence electrons. The van der Waals surface area contributed by atoms with Crippen LogP contribution >= 0.6 is 11.8 Å². The number of ether oxygens (including phenoxy) is 4. The van der Waals surface area contributed by atoms with Crippen molar-refractivity contribution in [2.24, 2.45) is 11.8 Å². The monoisotopic (exact) mass is 820 g/mol. The number of esters is 3. The molecule has 0 aromatic heterocycles. The Labute approximate surface area is 345 Å². The Hall–Kier alpha value is -6.45. The molecule has 0 aliphatic carbocycles. The molecule has 0 saturated carbocycles. The van der Waals surface area contributed by atoms with Crippen LogP contribution in [0.3, 0.4) is 0 Å². The quantitative estimate of drug-likeness (QED) is 0.0323. The van der Waals surface area contributed by atoms with Gasteiger partial charge in [0, 0.05) is 5.75 Å². The highest BCUT2D eigenvalue weighted by atomic mass is 32.2. The van der Waals surface area contributed by atoms with Gasteiger partial charge in [-0.3, -0.25) is 24.1 Å². The first-order valence-corrected chi connectivity index (χ1v) is 19.8. The maximum absolute atomic E-state index is 13.6. The van der Waals surface area contributed by atoms with Gasteiger partial charge in [0.2, 0.25) is 5.91 Å². The second-order valence-electron chi connectivity index (χ2n) is 14.6. The van der Waals surface area contributed by atoms with E-state index in [1.165, 1.54) is 16.7 Å². The first-order chi connectivity index (χ1) is 28.3. The topological polar surface area (TPSA) is 184 Å². The highest BCUT2D eigenvalue weighted by molar-refractivity contribution is 8.00. The summed E-state index contributed by atoms with van der Waals surface area (Å²) in [6.45, 7) is 3.29. The number of β-lactam (4-membered cyclic amide) rings is 1. The lowest BCUT2D eigenvalue weighted by Gasteiger charge is -2.48. The van der Waals surface area contributed by atoms with Gasteiger partial charge in [-0.2, -0.15) is 0 Å². The summed E-state index contributed by atoms with van der Waals surface area (Å²) in [6, 6.07) is 35.2. The molecule has 59 heavy (non-hydrogen) atoms. The molecule has 3 atom stereocenters. The summed E-state index contributed by atoms with van der Waals surface area (Å²) in [5.41, 5.74) is 1.83. The second-order valence-corrected chi connectivity index (χ2v) is 15.8. The molecule has 0 radical (unpaired) electrons. The van der Waals surface area contributed by atoms with E-state index in [4.69, 9.17) is 24.8 Å². The largest absolute Gasteiger partial charge is 0.459 e. The van der Waals surface area contributed by atoms with Gasteiger partial charge in [-0.15, -0.1) is 11.8 Å². The van der Waals surface area contributed by atoms with Crippen LogP contribution in [0, 0.1) is 5.92 Å². The molecule has 4 aromatic rings. The van der Waals surface area contributed by atoms with Gasteiger partial charge in [-0.05, 0) is 49.1 Å². The van der Waals surface area contributed by atoms with Gasteiger partial charge in [0.25, 0.3) is 5.91 Å². The van der Waals surface area contributed by atoms with Crippen molar-refractivity contribution in [2.45, 2.75) is 50.0 Å². The van der Waals surface area contributed by atoms with E-state index in [1.54, 1.807) is 75.4 Å². The fourth-order valence-electron chi connectivity index (χ4n) is 6.34. The van der Waals surface area contributed by atoms with Crippen LogP contribution in [-0.2, 0) is 42.9 Å². The third-order valence-corrected chi connectivity index (χ3v) is 10.3. The van der Waals surface area contributed by atoms with E-state index < -0.39 is 84.1 Å². The van der Waals surface area contributed by atoms with Crippen LogP contribution in [-0.4, -0.2) is 81.6 Å². The lowest BCUT2D eigenvalue weighted by atomic mass is 10.0. The molecule has 3 amide bonds. The number of benzene rings is 4. The number of nitrogens with two attached hydrogens (primary N) is 1. The van der Waals surface area contributed by atoms with E-state index in [9.17, 15) is 28.8 Å². The number of nitrogens with one attached hydrogen (secondary N) is 1. The molecule has 3 N–H and O–H groups in total. The molecule has 0 bridgehead atoms. The summed E-state index contributed by atoms with van der Waals surface area (Å²) < 4.78 is 22.5. The Morgan fingerprint density at radius 3 is 1.71 bits per heavy atom. The Balaban J connectivity index is 1.05. The van der Waals surface area contributed by atoms with Crippen molar-refractivity contribution in [1.29, 1.82) is 0 Å². The second kappa shape index (κ2) is 18.9. The highest BCUT2D eigenvalue weighted by Gasteiger charge is 2.53. The van der Waals surface area contributed by atoms with Crippen molar-refractivity contribution >= 4 is 47.6 Å². The Morgan fingerprint density at radius 2 is 1.24 bits per heavy atom. The van der Waals surface area contributed by atoms with Crippen LogP contribution in [0.4, 0.5) is 4.79 Å². The van der Waals surface area contributed by atoms with E-state index in [2.05, 4.69) is 5.32 Å². The summed E-state index contributed by atoms with van der Waals surface area (Å²) in [7, 11) is 0. The van der Waals surface area contributed by atoms with Crippen molar-refractivity contribution in [1.82, 2.24) is 15.2 Å². The molecule has 1 fully saturated rings. The van der Waals surface area contributed by atoms with Crippen LogP contribution in [0.2, 0.25) is 0 Å². The first-order valence-electron chi connectivity index (χ1n) is 18.8. The summed E-state index contributed by atoms with van der Waals surface area (Å²) in [5, 5.41) is 2.39. The third kappa shape index (κ3) is 10.5. The smallest absolute Gasteiger partial charge is 0.424 e. The highest BCUT2D eigenvalue weighted by Crippen LogP contribution is 2.39. The number of amides is 3. The fraction of sp³-hybridized carbons (Fsp3) is 0.273. The van der Waals surface area contributed by atoms with Gasteiger partial charge >= 0.3 is 24.0 Å². The van der Waals surface area contributed by atoms with Crippen molar-refractivity contribution < 1.29 is 47.7 Å². The number of nitrogens with zero attached hydrogens (tertiary/aromatic N) is 2. The van der Waals surface area contributed by atoms with E-state index >= 15 is 0 Å². The van der Waals surface area contributed by atoms with Gasteiger partial charge in [0.1, 0.15) is 35.9 Å². The molecule has 4 aromatic carbocycles. The van der Waals surface area contributed by atoms with Crippen LogP contribution in [0.1, 0.15) is 55.2 Å². The number of carbonyl (C=O) groups excluding carboxylic acids is 6. The average Bonchev–Trinajstić information content (AvgIpc) is 3.24. The van der Waals surface area contributed by atoms with E-state index in [-0.39, 0.29) is 5.70 Å². The van der Waals surface area contributed by atoms with E-state index in [0.717, 1.165) is 11.1 Å². The molecule has 0 unspecified atom stereocenters. The Kier molecular flexibility index (Phi) is 13.5. The molecule has 2 aliphatic heterocycles. The molecule has 0 spiro atoms. The number of fused-ring (bicyclic) bond motifs is 1. The zero-order valence-corrected chi connectivity index (χ0v) is 33.4. The molecule has 6 rings (SSSR count). The molecule has 15 heteroatoms. The summed E-state index contributed by atoms with van der Waals surface area (Å²) in [5.74, 6) is 0.478. The van der Waals surface area contributed by atoms with Crippen molar-refractivity contribution in [2.75, 3.05) is 18.9 Å². The number of thioether (sulfide) groups is 1. The van der Waals surface area contributed by atoms with Crippen LogP contribution in [0.5, 0.6) is 0 Å². The van der Waals surface area contributed by atoms with Crippen LogP contribution in [0.15, 0.2) is 133 Å². The molecule has 14 nitrogen and oxygen atoms in total. The maximum Gasteiger partial charge on any atom is 0.424 e. The SMILES string of the molecule is CC(C)(C)OC(=O)[C@H](COC(=O)N(N)CC(=O)N[C@@H]1C(=O)N2C(C(=O)OC(c3ccccc3)c3ccccc3)=CCS[C@H]12)C(=O)OC(c1ccccc1)c1ccccc1. The number of carbonyl (C=O) groups is 6. The molecule has 2 heterocycles. The molecule has 2 aliphatic rings. The number of hydrazine groups is 1. The van der Waals surface area contributed by atoms with Crippen LogP contribution in [0.25, 0.3) is 0 Å². The fourth-order valence-corrected chi connectivity index (χ4v) is 7.54. The number of hydrogen-bond acceptors (Lipinski definition) is 12. The first kappa shape index (κ1) is 42.2. The lowest BCUT2D eigenvalue weighted by molar-refractivity contribution is -0.173. The van der Waals surface area contributed by atoms with E-state index in [0.29, 0.717) is 21.9 Å². The Bertz CT molecular complexity index is 2090. The summed E-state index contributed by atoms with van der Waals surface area (Å²) >= 11 is 1.33. The normalized spacial score (nSPS) is 16.5. The van der Waals surface area contributed by atoms with Gasteiger partial charge in [0.15, 0.2) is 18.1 Å². The molecular weight excluding hydrogens is 777 g/mol. The van der Waals surface area contributed by atoms with Gasteiger partial charge in [-0.1, -0.05) is 121 Å². The van der Waals surface area contributed by atoms with Crippen LogP contribution < -0.4 is 11.2 Å². The van der Waals surface area contributed by atoms with Gasteiger partial charge in [-0.25, -0.2) is 20.4 Å². The van der Waals surface area contributed by atoms with Crippen molar-refractivity contribution in [3.05, 3.63) is 155 Å².